The quantitative estimate of drug-likeness (QED) is 0.744. The van der Waals surface area contributed by atoms with Crippen LogP contribution < -0.4 is 4.90 Å². The second-order valence-electron chi connectivity index (χ2n) is 5.85. The van der Waals surface area contributed by atoms with Gasteiger partial charge in [-0.1, -0.05) is 11.6 Å². The Morgan fingerprint density at radius 1 is 1.17 bits per heavy atom. The van der Waals surface area contributed by atoms with Crippen LogP contribution in [-0.4, -0.2) is 84.7 Å². The van der Waals surface area contributed by atoms with Crippen molar-refractivity contribution in [3.63, 3.8) is 0 Å². The molecule has 1 aromatic heterocycles. The first-order valence-corrected chi connectivity index (χ1v) is 8.33. The van der Waals surface area contributed by atoms with Crippen LogP contribution in [0.2, 0.25) is 5.15 Å². The minimum atomic E-state index is 0.197. The van der Waals surface area contributed by atoms with E-state index in [1.807, 2.05) is 11.8 Å². The molecule has 0 unspecified atom stereocenters. The van der Waals surface area contributed by atoms with Crippen LogP contribution in [0.3, 0.4) is 0 Å². The molecule has 0 aromatic carbocycles. The lowest BCUT2D eigenvalue weighted by Crippen LogP contribution is -2.51. The van der Waals surface area contributed by atoms with Gasteiger partial charge >= 0.3 is 0 Å². The predicted octanol–water partition coefficient (Wildman–Crippen LogP) is 0.419. The molecule has 126 valence electrons. The minimum Gasteiger partial charge on any atom is -0.378 e. The van der Waals surface area contributed by atoms with Crippen molar-refractivity contribution < 1.29 is 9.53 Å². The Balaban J connectivity index is 1.51. The molecular formula is C15H22ClN5O2. The SMILES string of the molecule is Cc1nc(Cl)cc(N2CCN(CC(=O)N3CCOCC3)CC2)n1. The van der Waals surface area contributed by atoms with Crippen LogP contribution >= 0.6 is 11.6 Å². The summed E-state index contributed by atoms with van der Waals surface area (Å²) in [5.74, 6) is 1.74. The molecule has 0 N–H and O–H groups in total. The van der Waals surface area contributed by atoms with Gasteiger partial charge in [0, 0.05) is 45.3 Å². The molecule has 0 saturated carbocycles. The average molecular weight is 340 g/mol. The maximum atomic E-state index is 12.3. The zero-order chi connectivity index (χ0) is 16.2. The van der Waals surface area contributed by atoms with Crippen LogP contribution in [0, 0.1) is 6.92 Å². The first-order chi connectivity index (χ1) is 11.1. The number of rotatable bonds is 3. The first-order valence-electron chi connectivity index (χ1n) is 7.96. The Morgan fingerprint density at radius 2 is 1.87 bits per heavy atom. The predicted molar refractivity (Wildman–Crippen MR) is 87.8 cm³/mol. The van der Waals surface area contributed by atoms with E-state index in [9.17, 15) is 4.79 Å². The maximum Gasteiger partial charge on any atom is 0.236 e. The Morgan fingerprint density at radius 3 is 2.52 bits per heavy atom. The van der Waals surface area contributed by atoms with Crippen molar-refractivity contribution in [3.8, 4) is 0 Å². The molecule has 3 rings (SSSR count). The van der Waals surface area contributed by atoms with Crippen molar-refractivity contribution in [2.75, 3.05) is 63.9 Å². The van der Waals surface area contributed by atoms with Crippen molar-refractivity contribution in [1.29, 1.82) is 0 Å². The van der Waals surface area contributed by atoms with Gasteiger partial charge in [-0.15, -0.1) is 0 Å². The van der Waals surface area contributed by atoms with Gasteiger partial charge in [-0.3, -0.25) is 9.69 Å². The summed E-state index contributed by atoms with van der Waals surface area (Å²) in [5, 5.41) is 0.470. The molecule has 2 saturated heterocycles. The highest BCUT2D eigenvalue weighted by Crippen LogP contribution is 2.17. The number of hydrogen-bond acceptors (Lipinski definition) is 6. The Labute approximate surface area is 141 Å². The fourth-order valence-corrected chi connectivity index (χ4v) is 3.14. The molecule has 0 bridgehead atoms. The number of aryl methyl sites for hydroxylation is 1. The summed E-state index contributed by atoms with van der Waals surface area (Å²) >= 11 is 6.00. The standard InChI is InChI=1S/C15H22ClN5O2/c1-12-17-13(16)10-14(18-12)20-4-2-19(3-5-20)11-15(22)21-6-8-23-9-7-21/h10H,2-9,11H2,1H3. The lowest BCUT2D eigenvalue weighted by Gasteiger charge is -2.36. The molecule has 0 atom stereocenters. The summed E-state index contributed by atoms with van der Waals surface area (Å²) in [6.45, 7) is 8.39. The highest BCUT2D eigenvalue weighted by molar-refractivity contribution is 6.29. The van der Waals surface area contributed by atoms with Gasteiger partial charge < -0.3 is 14.5 Å². The van der Waals surface area contributed by atoms with Gasteiger partial charge in [-0.2, -0.15) is 0 Å². The summed E-state index contributed by atoms with van der Waals surface area (Å²) < 4.78 is 5.29. The number of hydrogen-bond donors (Lipinski definition) is 0. The van der Waals surface area contributed by atoms with Gasteiger partial charge in [0.25, 0.3) is 0 Å². The van der Waals surface area contributed by atoms with Gasteiger partial charge in [0.2, 0.25) is 5.91 Å². The van der Waals surface area contributed by atoms with Crippen LogP contribution in [0.15, 0.2) is 6.07 Å². The van der Waals surface area contributed by atoms with Crippen LogP contribution in [0.4, 0.5) is 5.82 Å². The monoisotopic (exact) mass is 339 g/mol. The van der Waals surface area contributed by atoms with E-state index in [0.717, 1.165) is 32.0 Å². The molecule has 0 radical (unpaired) electrons. The van der Waals surface area contributed by atoms with Crippen LogP contribution in [0.5, 0.6) is 0 Å². The Hall–Kier alpha value is -1.44. The fraction of sp³-hybridized carbons (Fsp3) is 0.667. The number of halogens is 1. The van der Waals surface area contributed by atoms with Crippen LogP contribution in [-0.2, 0) is 9.53 Å². The van der Waals surface area contributed by atoms with E-state index >= 15 is 0 Å². The zero-order valence-electron chi connectivity index (χ0n) is 13.4. The van der Waals surface area contributed by atoms with Gasteiger partial charge in [-0.25, -0.2) is 9.97 Å². The molecule has 0 spiro atoms. The summed E-state index contributed by atoms with van der Waals surface area (Å²) in [5.41, 5.74) is 0. The van der Waals surface area contributed by atoms with Crippen molar-refractivity contribution in [2.45, 2.75) is 6.92 Å². The number of amides is 1. The van der Waals surface area contributed by atoms with Crippen molar-refractivity contribution in [1.82, 2.24) is 19.8 Å². The summed E-state index contributed by atoms with van der Waals surface area (Å²) in [4.78, 5) is 27.1. The second kappa shape index (κ2) is 7.42. The highest BCUT2D eigenvalue weighted by Gasteiger charge is 2.23. The topological polar surface area (TPSA) is 61.8 Å². The smallest absolute Gasteiger partial charge is 0.236 e. The van der Waals surface area contributed by atoms with E-state index in [1.165, 1.54) is 0 Å². The number of carbonyl (C=O) groups excluding carboxylic acids is 1. The van der Waals surface area contributed by atoms with E-state index in [2.05, 4.69) is 19.8 Å². The second-order valence-corrected chi connectivity index (χ2v) is 6.24. The van der Waals surface area contributed by atoms with E-state index in [1.54, 1.807) is 6.07 Å². The molecule has 1 aromatic rings. The molecule has 3 heterocycles. The third-order valence-electron chi connectivity index (χ3n) is 4.21. The summed E-state index contributed by atoms with van der Waals surface area (Å²) in [7, 11) is 0. The molecule has 7 nitrogen and oxygen atoms in total. The Bertz CT molecular complexity index is 537. The maximum absolute atomic E-state index is 12.3. The number of morpholine rings is 1. The number of ether oxygens (including phenoxy) is 1. The average Bonchev–Trinajstić information content (AvgIpc) is 2.55. The normalized spacial score (nSPS) is 19.9. The molecule has 23 heavy (non-hydrogen) atoms. The number of nitrogens with zero attached hydrogens (tertiary/aromatic N) is 5. The minimum absolute atomic E-state index is 0.197. The lowest BCUT2D eigenvalue weighted by atomic mass is 10.3. The first kappa shape index (κ1) is 16.4. The van der Waals surface area contributed by atoms with Crippen molar-refractivity contribution in [3.05, 3.63) is 17.0 Å². The summed E-state index contributed by atoms with van der Waals surface area (Å²) in [6.07, 6.45) is 0. The van der Waals surface area contributed by atoms with Gasteiger partial charge in [-0.05, 0) is 6.92 Å². The number of aromatic nitrogens is 2. The molecule has 2 fully saturated rings. The third kappa shape index (κ3) is 4.31. The molecule has 8 heteroatoms. The molecule has 2 aliphatic heterocycles. The fourth-order valence-electron chi connectivity index (χ4n) is 2.92. The molecule has 0 aliphatic carbocycles. The largest absolute Gasteiger partial charge is 0.378 e. The van der Waals surface area contributed by atoms with E-state index in [-0.39, 0.29) is 5.91 Å². The van der Waals surface area contributed by atoms with Crippen LogP contribution in [0.25, 0.3) is 0 Å². The van der Waals surface area contributed by atoms with Gasteiger partial charge in [0.05, 0.1) is 19.8 Å². The third-order valence-corrected chi connectivity index (χ3v) is 4.41. The Kier molecular flexibility index (Phi) is 5.30. The van der Waals surface area contributed by atoms with E-state index in [0.29, 0.717) is 43.8 Å². The van der Waals surface area contributed by atoms with Gasteiger partial charge in [0.15, 0.2) is 0 Å². The number of anilines is 1. The lowest BCUT2D eigenvalue weighted by molar-refractivity contribution is -0.136. The van der Waals surface area contributed by atoms with E-state index in [4.69, 9.17) is 16.3 Å². The van der Waals surface area contributed by atoms with Gasteiger partial charge in [0.1, 0.15) is 16.8 Å². The van der Waals surface area contributed by atoms with E-state index < -0.39 is 0 Å². The van der Waals surface area contributed by atoms with Crippen molar-refractivity contribution >= 4 is 23.3 Å². The molecule has 1 amide bonds. The van der Waals surface area contributed by atoms with Crippen molar-refractivity contribution in [2.24, 2.45) is 0 Å². The number of carbonyl (C=O) groups is 1. The molecular weight excluding hydrogens is 318 g/mol. The number of piperazine rings is 1. The van der Waals surface area contributed by atoms with Crippen LogP contribution in [0.1, 0.15) is 5.82 Å². The molecule has 2 aliphatic rings. The highest BCUT2D eigenvalue weighted by atomic mass is 35.5. The zero-order valence-corrected chi connectivity index (χ0v) is 14.1. The summed E-state index contributed by atoms with van der Waals surface area (Å²) in [6, 6.07) is 1.79.